The normalized spacial score (nSPS) is 25.6. The molecule has 3 unspecified atom stereocenters. The maximum atomic E-state index is 2.51. The Bertz CT molecular complexity index is 1200. The third-order valence-corrected chi connectivity index (χ3v) is 7.33. The van der Waals surface area contributed by atoms with Gasteiger partial charge >= 0.3 is 0 Å². The zero-order chi connectivity index (χ0) is 19.8. The lowest BCUT2D eigenvalue weighted by molar-refractivity contribution is 0.464. The molecule has 0 nitrogen and oxygen atoms in total. The Labute approximate surface area is 173 Å². The van der Waals surface area contributed by atoms with Crippen molar-refractivity contribution >= 4 is 0 Å². The number of benzene rings is 3. The molecule has 0 bridgehead atoms. The first-order valence-electron chi connectivity index (χ1n) is 10.7. The number of rotatable bonds is 0. The van der Waals surface area contributed by atoms with Crippen molar-refractivity contribution in [2.45, 2.75) is 37.5 Å². The molecule has 0 amide bonds. The van der Waals surface area contributed by atoms with Crippen LogP contribution in [0.5, 0.6) is 0 Å². The summed E-state index contributed by atoms with van der Waals surface area (Å²) in [6, 6.07) is 25.5. The Kier molecular flexibility index (Phi) is 3.29. The molecule has 3 aromatic carbocycles. The smallest absolute Gasteiger partial charge is 0.0538 e. The topological polar surface area (TPSA) is 0 Å². The number of hydrogen-bond donors (Lipinski definition) is 0. The molecule has 0 fully saturated rings. The van der Waals surface area contributed by atoms with Crippen molar-refractivity contribution in [3.8, 4) is 11.1 Å². The highest BCUT2D eigenvalue weighted by atomic mass is 14.6. The monoisotopic (exact) mass is 374 g/mol. The first kappa shape index (κ1) is 17.0. The van der Waals surface area contributed by atoms with Crippen LogP contribution < -0.4 is 0 Å². The molecular formula is C29H26. The summed E-state index contributed by atoms with van der Waals surface area (Å²) in [7, 11) is 0. The molecule has 0 N–H and O–H groups in total. The van der Waals surface area contributed by atoms with Crippen molar-refractivity contribution in [3.63, 3.8) is 0 Å². The van der Waals surface area contributed by atoms with Crippen LogP contribution in [0.1, 0.15) is 54.5 Å². The molecule has 0 heterocycles. The molecule has 0 heteroatoms. The van der Waals surface area contributed by atoms with Gasteiger partial charge in [0.1, 0.15) is 0 Å². The lowest BCUT2D eigenvalue weighted by Crippen LogP contribution is -2.33. The van der Waals surface area contributed by atoms with Gasteiger partial charge in [-0.1, -0.05) is 112 Å². The van der Waals surface area contributed by atoms with E-state index in [9.17, 15) is 0 Å². The van der Waals surface area contributed by atoms with Crippen molar-refractivity contribution in [2.24, 2.45) is 5.92 Å². The van der Waals surface area contributed by atoms with E-state index in [-0.39, 0.29) is 10.8 Å². The van der Waals surface area contributed by atoms with Crippen LogP contribution in [-0.2, 0) is 10.8 Å². The minimum absolute atomic E-state index is 0.101. The summed E-state index contributed by atoms with van der Waals surface area (Å²) in [6.45, 7) is 6.95. The molecule has 3 aromatic rings. The lowest BCUT2D eigenvalue weighted by atomic mass is 9.65. The van der Waals surface area contributed by atoms with Gasteiger partial charge in [0.05, 0.1) is 5.41 Å². The Morgan fingerprint density at radius 2 is 1.38 bits per heavy atom. The van der Waals surface area contributed by atoms with Gasteiger partial charge < -0.3 is 0 Å². The number of hydrogen-bond acceptors (Lipinski definition) is 0. The Balaban J connectivity index is 1.76. The summed E-state index contributed by atoms with van der Waals surface area (Å²) in [5.41, 5.74) is 10.2. The second kappa shape index (κ2) is 5.60. The van der Waals surface area contributed by atoms with E-state index in [4.69, 9.17) is 0 Å². The molecule has 0 aromatic heterocycles. The Hall–Kier alpha value is -2.86. The molecular weight excluding hydrogens is 348 g/mol. The highest BCUT2D eigenvalue weighted by Gasteiger charge is 2.56. The quantitative estimate of drug-likeness (QED) is 0.392. The molecule has 0 aliphatic heterocycles. The summed E-state index contributed by atoms with van der Waals surface area (Å²) >= 11 is 0. The van der Waals surface area contributed by atoms with E-state index >= 15 is 0 Å². The fraction of sp³-hybridized carbons (Fsp3) is 0.241. The summed E-state index contributed by atoms with van der Waals surface area (Å²) < 4.78 is 0. The Morgan fingerprint density at radius 3 is 2.21 bits per heavy atom. The van der Waals surface area contributed by atoms with Gasteiger partial charge in [-0.3, -0.25) is 0 Å². The fourth-order valence-electron chi connectivity index (χ4n) is 6.07. The molecule has 142 valence electrons. The predicted molar refractivity (Wildman–Crippen MR) is 121 cm³/mol. The average Bonchev–Trinajstić information content (AvgIpc) is 3.20. The van der Waals surface area contributed by atoms with E-state index in [0.29, 0.717) is 11.8 Å². The van der Waals surface area contributed by atoms with Crippen molar-refractivity contribution in [3.05, 3.63) is 119 Å². The third kappa shape index (κ3) is 2.04. The fourth-order valence-corrected chi connectivity index (χ4v) is 6.07. The standard InChI is InChI=1S/C29H26/c1-28(2,3)19-16-17-23-22-12-6-9-15-26(22)29(27(23)18-19)24-13-7-4-10-20(24)21-11-5-8-14-25(21)29/h4-18,20,24H,1-3H3. The van der Waals surface area contributed by atoms with E-state index in [0.717, 1.165) is 0 Å². The van der Waals surface area contributed by atoms with Gasteiger partial charge in [0.15, 0.2) is 0 Å². The van der Waals surface area contributed by atoms with Crippen LogP contribution in [0.3, 0.4) is 0 Å². The van der Waals surface area contributed by atoms with E-state index in [1.165, 1.54) is 38.9 Å². The second-order valence-electron chi connectivity index (χ2n) is 9.77. The van der Waals surface area contributed by atoms with Gasteiger partial charge in [0, 0.05) is 11.8 Å². The van der Waals surface area contributed by atoms with Gasteiger partial charge in [-0.25, -0.2) is 0 Å². The minimum atomic E-state index is -0.101. The third-order valence-electron chi connectivity index (χ3n) is 7.33. The number of fused-ring (bicyclic) bond motifs is 10. The highest BCUT2D eigenvalue weighted by Crippen LogP contribution is 2.65. The molecule has 0 radical (unpaired) electrons. The van der Waals surface area contributed by atoms with Crippen LogP contribution >= 0.6 is 0 Å². The zero-order valence-corrected chi connectivity index (χ0v) is 17.3. The van der Waals surface area contributed by atoms with Crippen molar-refractivity contribution < 1.29 is 0 Å². The molecule has 3 aliphatic rings. The minimum Gasteiger partial charge on any atom is -0.0789 e. The summed E-state index contributed by atoms with van der Waals surface area (Å²) in [6.07, 6.45) is 9.35. The van der Waals surface area contributed by atoms with Gasteiger partial charge in [-0.2, -0.15) is 0 Å². The Morgan fingerprint density at radius 1 is 0.690 bits per heavy atom. The van der Waals surface area contributed by atoms with Crippen molar-refractivity contribution in [2.75, 3.05) is 0 Å². The van der Waals surface area contributed by atoms with E-state index in [1.54, 1.807) is 0 Å². The van der Waals surface area contributed by atoms with Crippen LogP contribution in [0.4, 0.5) is 0 Å². The molecule has 3 atom stereocenters. The van der Waals surface area contributed by atoms with Crippen LogP contribution in [0.15, 0.2) is 91.0 Å². The molecule has 1 spiro atoms. The summed E-state index contributed by atoms with van der Waals surface area (Å²) in [4.78, 5) is 0. The van der Waals surface area contributed by atoms with Gasteiger partial charge in [0.2, 0.25) is 0 Å². The predicted octanol–water partition coefficient (Wildman–Crippen LogP) is 7.14. The zero-order valence-electron chi connectivity index (χ0n) is 17.3. The first-order valence-corrected chi connectivity index (χ1v) is 10.7. The van der Waals surface area contributed by atoms with E-state index < -0.39 is 0 Å². The molecule has 0 saturated carbocycles. The van der Waals surface area contributed by atoms with Crippen LogP contribution in [0, 0.1) is 5.92 Å². The second-order valence-corrected chi connectivity index (χ2v) is 9.77. The van der Waals surface area contributed by atoms with Crippen LogP contribution in [-0.4, -0.2) is 0 Å². The SMILES string of the molecule is CC(C)(C)c1ccc2c(c1)C1(c3ccccc3-2)c2ccccc2C2C=CC=CC21. The van der Waals surface area contributed by atoms with E-state index in [1.807, 2.05) is 0 Å². The van der Waals surface area contributed by atoms with Crippen molar-refractivity contribution in [1.82, 2.24) is 0 Å². The maximum absolute atomic E-state index is 2.51. The summed E-state index contributed by atoms with van der Waals surface area (Å²) in [5.74, 6) is 0.857. The van der Waals surface area contributed by atoms with Gasteiger partial charge in [-0.15, -0.1) is 0 Å². The lowest BCUT2D eigenvalue weighted by Gasteiger charge is -2.36. The summed E-state index contributed by atoms with van der Waals surface area (Å²) in [5, 5.41) is 0. The molecule has 0 saturated heterocycles. The maximum Gasteiger partial charge on any atom is 0.0538 e. The van der Waals surface area contributed by atoms with Gasteiger partial charge in [0.25, 0.3) is 0 Å². The van der Waals surface area contributed by atoms with Gasteiger partial charge in [-0.05, 0) is 44.4 Å². The first-order chi connectivity index (χ1) is 14.0. The molecule has 29 heavy (non-hydrogen) atoms. The van der Waals surface area contributed by atoms with Crippen LogP contribution in [0.25, 0.3) is 11.1 Å². The largest absolute Gasteiger partial charge is 0.0789 e. The van der Waals surface area contributed by atoms with E-state index in [2.05, 4.69) is 112 Å². The molecule has 3 aliphatic carbocycles. The highest BCUT2D eigenvalue weighted by molar-refractivity contribution is 5.86. The van der Waals surface area contributed by atoms with Crippen molar-refractivity contribution in [1.29, 1.82) is 0 Å². The van der Waals surface area contributed by atoms with Crippen LogP contribution in [0.2, 0.25) is 0 Å². The average molecular weight is 375 g/mol. The number of allylic oxidation sites excluding steroid dienone is 4. The molecule has 6 rings (SSSR count).